The van der Waals surface area contributed by atoms with Crippen LogP contribution in [0.4, 0.5) is 0 Å². The predicted molar refractivity (Wildman–Crippen MR) is 56.9 cm³/mol. The van der Waals surface area contributed by atoms with Gasteiger partial charge >= 0.3 is 5.97 Å². The fourth-order valence-corrected chi connectivity index (χ4v) is 0.987. The summed E-state index contributed by atoms with van der Waals surface area (Å²) >= 11 is 0. The summed E-state index contributed by atoms with van der Waals surface area (Å²) in [4.78, 5) is 10.8. The van der Waals surface area contributed by atoms with Gasteiger partial charge in [-0.25, -0.2) is 0 Å². The Balaban J connectivity index is 4.03. The van der Waals surface area contributed by atoms with Crippen LogP contribution in [0.25, 0.3) is 0 Å². The van der Waals surface area contributed by atoms with Crippen molar-refractivity contribution >= 4 is 5.97 Å². The number of carboxylic acid groups (broad SMARTS) is 1. The molecule has 1 unspecified atom stereocenters. The number of aliphatic carboxylic acids is 1. The van der Waals surface area contributed by atoms with E-state index in [-0.39, 0.29) is 6.04 Å². The number of carboxylic acids is 1. The van der Waals surface area contributed by atoms with E-state index in [0.29, 0.717) is 6.54 Å². The molecule has 1 atom stereocenters. The van der Waals surface area contributed by atoms with E-state index in [2.05, 4.69) is 11.2 Å². The second kappa shape index (κ2) is 5.66. The molecule has 14 heavy (non-hydrogen) atoms. The van der Waals surface area contributed by atoms with Crippen LogP contribution in [-0.4, -0.2) is 23.7 Å². The number of rotatable bonds is 6. The first-order chi connectivity index (χ1) is 6.44. The van der Waals surface area contributed by atoms with Crippen LogP contribution in [0.5, 0.6) is 0 Å². The Hall–Kier alpha value is -1.01. The maximum Gasteiger partial charge on any atom is 0.310 e. The smallest absolute Gasteiger partial charge is 0.310 e. The molecule has 3 heteroatoms. The summed E-state index contributed by atoms with van der Waals surface area (Å²) in [6.07, 6.45) is 7.18. The minimum Gasteiger partial charge on any atom is -0.481 e. The Morgan fingerprint density at radius 3 is 2.57 bits per heavy atom. The van der Waals surface area contributed by atoms with Crippen LogP contribution < -0.4 is 5.32 Å². The summed E-state index contributed by atoms with van der Waals surface area (Å²) < 4.78 is 0. The molecule has 0 heterocycles. The molecule has 0 aliphatic rings. The molecule has 0 aromatic rings. The highest BCUT2D eigenvalue weighted by atomic mass is 16.4. The molecule has 80 valence electrons. The first-order valence-corrected chi connectivity index (χ1v) is 4.87. The van der Waals surface area contributed by atoms with Gasteiger partial charge in [0.25, 0.3) is 0 Å². The lowest BCUT2D eigenvalue weighted by molar-refractivity contribution is -0.146. The van der Waals surface area contributed by atoms with Crippen LogP contribution in [0, 0.1) is 17.8 Å². The molecule has 0 aromatic heterocycles. The molecule has 2 N–H and O–H groups in total. The minimum absolute atomic E-state index is 0.0152. The second-order valence-electron chi connectivity index (χ2n) is 4.08. The molecule has 0 saturated heterocycles. The zero-order valence-corrected chi connectivity index (χ0v) is 9.13. The lowest BCUT2D eigenvalue weighted by Gasteiger charge is -2.22. The van der Waals surface area contributed by atoms with Gasteiger partial charge in [0.05, 0.1) is 11.5 Å². The van der Waals surface area contributed by atoms with Gasteiger partial charge in [0.1, 0.15) is 0 Å². The third-order valence-electron chi connectivity index (χ3n) is 2.15. The Labute approximate surface area is 85.9 Å². The average molecular weight is 197 g/mol. The molecule has 0 aromatic carbocycles. The van der Waals surface area contributed by atoms with Gasteiger partial charge in [0.2, 0.25) is 0 Å². The Morgan fingerprint density at radius 1 is 1.64 bits per heavy atom. The molecule has 3 nitrogen and oxygen atoms in total. The van der Waals surface area contributed by atoms with Crippen LogP contribution in [0.15, 0.2) is 0 Å². The first-order valence-electron chi connectivity index (χ1n) is 4.87. The second-order valence-corrected chi connectivity index (χ2v) is 4.08. The quantitative estimate of drug-likeness (QED) is 0.634. The average Bonchev–Trinajstić information content (AvgIpc) is 2.12. The monoisotopic (exact) mass is 197 g/mol. The number of hydrogen-bond donors (Lipinski definition) is 2. The Kier molecular flexibility index (Phi) is 5.26. The van der Waals surface area contributed by atoms with Crippen LogP contribution in [0.1, 0.15) is 33.6 Å². The normalized spacial score (nSPS) is 13.3. The fraction of sp³-hybridized carbons (Fsp3) is 0.727. The van der Waals surface area contributed by atoms with Gasteiger partial charge in [-0.3, -0.25) is 4.79 Å². The van der Waals surface area contributed by atoms with Gasteiger partial charge in [0, 0.05) is 6.54 Å². The molecule has 0 rings (SSSR count). The van der Waals surface area contributed by atoms with Crippen molar-refractivity contribution in [3.63, 3.8) is 0 Å². The summed E-state index contributed by atoms with van der Waals surface area (Å²) in [5.74, 6) is 1.80. The van der Waals surface area contributed by atoms with Crippen LogP contribution in [-0.2, 0) is 4.79 Å². The van der Waals surface area contributed by atoms with E-state index in [1.165, 1.54) is 0 Å². The molecule has 0 bridgehead atoms. The van der Waals surface area contributed by atoms with Crippen molar-refractivity contribution in [2.75, 3.05) is 6.54 Å². The third kappa shape index (κ3) is 4.29. The number of nitrogens with one attached hydrogen (secondary N) is 1. The van der Waals surface area contributed by atoms with Gasteiger partial charge in [0.15, 0.2) is 0 Å². The van der Waals surface area contributed by atoms with Crippen LogP contribution in [0.3, 0.4) is 0 Å². The highest BCUT2D eigenvalue weighted by Gasteiger charge is 2.27. The zero-order chi connectivity index (χ0) is 11.2. The van der Waals surface area contributed by atoms with Crippen molar-refractivity contribution < 1.29 is 9.90 Å². The number of carbonyl (C=O) groups is 1. The molecular weight excluding hydrogens is 178 g/mol. The Bertz CT molecular complexity index is 228. The highest BCUT2D eigenvalue weighted by Crippen LogP contribution is 2.13. The number of terminal acetylenes is 1. The highest BCUT2D eigenvalue weighted by molar-refractivity contribution is 5.73. The van der Waals surface area contributed by atoms with Gasteiger partial charge < -0.3 is 10.4 Å². The summed E-state index contributed by atoms with van der Waals surface area (Å²) in [6.45, 7) is 5.81. The van der Waals surface area contributed by atoms with Crippen molar-refractivity contribution in [1.29, 1.82) is 0 Å². The topological polar surface area (TPSA) is 49.3 Å². The lowest BCUT2D eigenvalue weighted by atomic mass is 9.93. The molecule has 0 radical (unpaired) electrons. The molecule has 0 spiro atoms. The SMILES string of the molecule is C#CC(CCC)NCC(C)(C)C(=O)O. The van der Waals surface area contributed by atoms with Gasteiger partial charge in [-0.1, -0.05) is 19.3 Å². The maximum atomic E-state index is 10.8. The maximum absolute atomic E-state index is 10.8. The third-order valence-corrected chi connectivity index (χ3v) is 2.15. The molecule has 0 aliphatic heterocycles. The van der Waals surface area contributed by atoms with E-state index in [1.54, 1.807) is 13.8 Å². The molecule has 0 amide bonds. The predicted octanol–water partition coefficient (Wildman–Crippen LogP) is 1.49. The van der Waals surface area contributed by atoms with Crippen molar-refractivity contribution in [2.24, 2.45) is 5.41 Å². The van der Waals surface area contributed by atoms with E-state index in [4.69, 9.17) is 11.5 Å². The van der Waals surface area contributed by atoms with E-state index in [0.717, 1.165) is 12.8 Å². The first kappa shape index (κ1) is 13.0. The summed E-state index contributed by atoms with van der Waals surface area (Å²) in [7, 11) is 0. The largest absolute Gasteiger partial charge is 0.481 e. The standard InChI is InChI=1S/C11H19NO2/c1-5-7-9(6-2)12-8-11(3,4)10(13)14/h2,9,12H,5,7-8H2,1,3-4H3,(H,13,14). The number of hydrogen-bond acceptors (Lipinski definition) is 2. The van der Waals surface area contributed by atoms with E-state index < -0.39 is 11.4 Å². The summed E-state index contributed by atoms with van der Waals surface area (Å²) in [5, 5.41) is 11.9. The summed E-state index contributed by atoms with van der Waals surface area (Å²) in [5.41, 5.74) is -0.761. The van der Waals surface area contributed by atoms with Crippen molar-refractivity contribution in [3.05, 3.63) is 0 Å². The van der Waals surface area contributed by atoms with Gasteiger partial charge in [-0.15, -0.1) is 6.42 Å². The van der Waals surface area contributed by atoms with Crippen molar-refractivity contribution in [2.45, 2.75) is 39.7 Å². The van der Waals surface area contributed by atoms with Gasteiger partial charge in [-0.2, -0.15) is 0 Å². The lowest BCUT2D eigenvalue weighted by Crippen LogP contribution is -2.40. The van der Waals surface area contributed by atoms with Crippen molar-refractivity contribution in [3.8, 4) is 12.3 Å². The van der Waals surface area contributed by atoms with Gasteiger partial charge in [-0.05, 0) is 20.3 Å². The van der Waals surface area contributed by atoms with Crippen LogP contribution >= 0.6 is 0 Å². The molecule has 0 saturated carbocycles. The minimum atomic E-state index is -0.808. The Morgan fingerprint density at radius 2 is 2.21 bits per heavy atom. The van der Waals surface area contributed by atoms with Crippen molar-refractivity contribution in [1.82, 2.24) is 5.32 Å². The van der Waals surface area contributed by atoms with E-state index >= 15 is 0 Å². The molecule has 0 fully saturated rings. The molecular formula is C11H19NO2. The van der Waals surface area contributed by atoms with E-state index in [9.17, 15) is 4.79 Å². The fourth-order valence-electron chi connectivity index (χ4n) is 0.987. The zero-order valence-electron chi connectivity index (χ0n) is 9.13. The van der Waals surface area contributed by atoms with E-state index in [1.807, 2.05) is 6.92 Å². The molecule has 0 aliphatic carbocycles. The summed E-state index contributed by atoms with van der Waals surface area (Å²) in [6, 6.07) is -0.0152. The van der Waals surface area contributed by atoms with Crippen LogP contribution in [0.2, 0.25) is 0 Å².